The van der Waals surface area contributed by atoms with E-state index < -0.39 is 17.2 Å². The van der Waals surface area contributed by atoms with Gasteiger partial charge in [-0.1, -0.05) is 35.9 Å². The molecule has 0 aliphatic carbocycles. The highest BCUT2D eigenvalue weighted by atomic mass is 79.9. The fourth-order valence-electron chi connectivity index (χ4n) is 2.78. The minimum absolute atomic E-state index is 0.249. The minimum Gasteiger partial charge on any atom is -0.331 e. The van der Waals surface area contributed by atoms with E-state index in [0.717, 1.165) is 9.37 Å². The quantitative estimate of drug-likeness (QED) is 0.593. The van der Waals surface area contributed by atoms with E-state index in [0.29, 0.717) is 22.1 Å². The first-order valence-electron chi connectivity index (χ1n) is 8.93. The van der Waals surface area contributed by atoms with Crippen molar-refractivity contribution in [1.82, 2.24) is 14.7 Å². The molecule has 30 heavy (non-hydrogen) atoms. The third kappa shape index (κ3) is 4.77. The SMILES string of the molecule is Cc1cc(=O)c(C(=O)N(C)CC(=O)Nc2ccccc2Br)nn1-c1ccccc1Cl. The van der Waals surface area contributed by atoms with E-state index >= 15 is 0 Å². The Bertz CT molecular complexity index is 1180. The number of nitrogens with zero attached hydrogens (tertiary/aromatic N) is 3. The normalized spacial score (nSPS) is 10.5. The molecule has 0 spiro atoms. The average molecular weight is 490 g/mol. The first kappa shape index (κ1) is 21.7. The van der Waals surface area contributed by atoms with Crippen LogP contribution < -0.4 is 10.7 Å². The lowest BCUT2D eigenvalue weighted by molar-refractivity contribution is -0.116. The lowest BCUT2D eigenvalue weighted by Gasteiger charge is -2.18. The fraction of sp³-hybridized carbons (Fsp3) is 0.143. The molecule has 9 heteroatoms. The molecule has 1 aromatic heterocycles. The van der Waals surface area contributed by atoms with Gasteiger partial charge in [0.15, 0.2) is 5.69 Å². The van der Waals surface area contributed by atoms with Crippen molar-refractivity contribution < 1.29 is 9.59 Å². The second kappa shape index (κ2) is 9.23. The van der Waals surface area contributed by atoms with E-state index in [1.54, 1.807) is 49.4 Å². The van der Waals surface area contributed by atoms with Crippen molar-refractivity contribution in [3.63, 3.8) is 0 Å². The molecule has 0 saturated heterocycles. The minimum atomic E-state index is -0.664. The van der Waals surface area contributed by atoms with E-state index in [-0.39, 0.29) is 12.2 Å². The summed E-state index contributed by atoms with van der Waals surface area (Å²) in [4.78, 5) is 38.7. The van der Waals surface area contributed by atoms with Crippen LogP contribution in [0.5, 0.6) is 0 Å². The summed E-state index contributed by atoms with van der Waals surface area (Å²) in [6.45, 7) is 1.45. The molecule has 0 aliphatic rings. The van der Waals surface area contributed by atoms with E-state index in [1.165, 1.54) is 17.8 Å². The zero-order valence-electron chi connectivity index (χ0n) is 16.2. The second-order valence-electron chi connectivity index (χ2n) is 6.55. The monoisotopic (exact) mass is 488 g/mol. The molecule has 0 atom stereocenters. The summed E-state index contributed by atoms with van der Waals surface area (Å²) in [5.74, 6) is -1.07. The van der Waals surface area contributed by atoms with Crippen molar-refractivity contribution >= 4 is 45.0 Å². The van der Waals surface area contributed by atoms with Crippen LogP contribution in [-0.4, -0.2) is 40.1 Å². The van der Waals surface area contributed by atoms with Crippen molar-refractivity contribution in [1.29, 1.82) is 0 Å². The van der Waals surface area contributed by atoms with Gasteiger partial charge in [-0.3, -0.25) is 14.4 Å². The molecule has 154 valence electrons. The van der Waals surface area contributed by atoms with Gasteiger partial charge < -0.3 is 10.2 Å². The van der Waals surface area contributed by atoms with Crippen molar-refractivity contribution in [3.05, 3.63) is 85.7 Å². The molecule has 1 heterocycles. The highest BCUT2D eigenvalue weighted by Gasteiger charge is 2.21. The van der Waals surface area contributed by atoms with Gasteiger partial charge in [-0.25, -0.2) is 4.68 Å². The number of benzene rings is 2. The number of carbonyl (C=O) groups excluding carboxylic acids is 2. The number of rotatable bonds is 5. The molecule has 0 saturated carbocycles. The summed E-state index contributed by atoms with van der Waals surface area (Å²) in [6, 6.07) is 15.4. The van der Waals surface area contributed by atoms with E-state index in [1.807, 2.05) is 6.07 Å². The number of amides is 2. The highest BCUT2D eigenvalue weighted by molar-refractivity contribution is 9.10. The molecule has 2 amide bonds. The fourth-order valence-corrected chi connectivity index (χ4v) is 3.38. The van der Waals surface area contributed by atoms with Crippen LogP contribution in [0.1, 0.15) is 16.2 Å². The van der Waals surface area contributed by atoms with E-state index in [9.17, 15) is 14.4 Å². The zero-order valence-corrected chi connectivity index (χ0v) is 18.6. The maximum absolute atomic E-state index is 12.8. The van der Waals surface area contributed by atoms with Crippen LogP contribution in [0, 0.1) is 6.92 Å². The number of halogens is 2. The molecular weight excluding hydrogens is 472 g/mol. The van der Waals surface area contributed by atoms with Crippen molar-refractivity contribution in [2.45, 2.75) is 6.92 Å². The Labute approximate surface area is 186 Å². The smallest absolute Gasteiger partial charge is 0.278 e. The predicted octanol–water partition coefficient (Wildman–Crippen LogP) is 3.67. The van der Waals surface area contributed by atoms with Gasteiger partial charge in [-0.2, -0.15) is 5.10 Å². The maximum atomic E-state index is 12.8. The van der Waals surface area contributed by atoms with Crippen molar-refractivity contribution in [2.24, 2.45) is 0 Å². The Balaban J connectivity index is 1.83. The maximum Gasteiger partial charge on any atom is 0.278 e. The lowest BCUT2D eigenvalue weighted by atomic mass is 10.2. The predicted molar refractivity (Wildman–Crippen MR) is 119 cm³/mol. The van der Waals surface area contributed by atoms with Crippen LogP contribution in [-0.2, 0) is 4.79 Å². The Morgan fingerprint density at radius 2 is 1.83 bits per heavy atom. The topological polar surface area (TPSA) is 84.3 Å². The van der Waals surface area contributed by atoms with Crippen LogP contribution in [0.3, 0.4) is 0 Å². The number of aryl methyl sites for hydroxylation is 1. The molecule has 0 aliphatic heterocycles. The van der Waals surface area contributed by atoms with Gasteiger partial charge in [-0.05, 0) is 47.1 Å². The van der Waals surface area contributed by atoms with Crippen molar-refractivity contribution in [3.8, 4) is 5.69 Å². The van der Waals surface area contributed by atoms with Gasteiger partial charge in [-0.15, -0.1) is 0 Å². The molecular formula is C21H18BrClN4O3. The number of hydrogen-bond acceptors (Lipinski definition) is 4. The molecule has 2 aromatic carbocycles. The van der Waals surface area contributed by atoms with Crippen molar-refractivity contribution in [2.75, 3.05) is 18.9 Å². The van der Waals surface area contributed by atoms with Crippen LogP contribution >= 0.6 is 27.5 Å². The van der Waals surface area contributed by atoms with Crippen LogP contribution in [0.2, 0.25) is 5.02 Å². The van der Waals surface area contributed by atoms with Gasteiger partial charge in [0.1, 0.15) is 0 Å². The number of nitrogens with one attached hydrogen (secondary N) is 1. The van der Waals surface area contributed by atoms with Crippen LogP contribution in [0.4, 0.5) is 5.69 Å². The molecule has 1 N–H and O–H groups in total. The third-order valence-electron chi connectivity index (χ3n) is 4.27. The van der Waals surface area contributed by atoms with E-state index in [2.05, 4.69) is 26.3 Å². The first-order chi connectivity index (χ1) is 14.3. The molecule has 0 bridgehead atoms. The zero-order chi connectivity index (χ0) is 21.8. The summed E-state index contributed by atoms with van der Waals surface area (Å²) in [5, 5.41) is 7.36. The third-order valence-corrected chi connectivity index (χ3v) is 5.28. The lowest BCUT2D eigenvalue weighted by Crippen LogP contribution is -2.38. The number of likely N-dealkylation sites (N-methyl/N-ethyl adjacent to an activating group) is 1. The van der Waals surface area contributed by atoms with Gasteiger partial charge >= 0.3 is 0 Å². The van der Waals surface area contributed by atoms with E-state index in [4.69, 9.17) is 11.6 Å². The molecule has 0 unspecified atom stereocenters. The molecule has 3 rings (SSSR count). The van der Waals surface area contributed by atoms with Gasteiger partial charge in [0, 0.05) is 23.3 Å². The average Bonchev–Trinajstić information content (AvgIpc) is 2.70. The summed E-state index contributed by atoms with van der Waals surface area (Å²) in [6.07, 6.45) is 0. The standard InChI is InChI=1S/C21H18BrClN4O3/c1-13-11-18(28)20(25-27(13)17-10-6-4-8-15(17)23)21(30)26(2)12-19(29)24-16-9-5-3-7-14(16)22/h3-11H,12H2,1-2H3,(H,24,29). The highest BCUT2D eigenvalue weighted by Crippen LogP contribution is 2.21. The summed E-state index contributed by atoms with van der Waals surface area (Å²) >= 11 is 9.58. The molecule has 7 nitrogen and oxygen atoms in total. The second-order valence-corrected chi connectivity index (χ2v) is 7.81. The molecule has 0 fully saturated rings. The van der Waals surface area contributed by atoms with Gasteiger partial charge in [0.25, 0.3) is 5.91 Å². The summed E-state index contributed by atoms with van der Waals surface area (Å²) < 4.78 is 2.15. The Kier molecular flexibility index (Phi) is 6.69. The summed E-state index contributed by atoms with van der Waals surface area (Å²) in [7, 11) is 1.43. The number of anilines is 1. The van der Waals surface area contributed by atoms with Crippen LogP contribution in [0.15, 0.2) is 63.9 Å². The van der Waals surface area contributed by atoms with Gasteiger partial charge in [0.2, 0.25) is 11.3 Å². The number of aromatic nitrogens is 2. The Morgan fingerprint density at radius 1 is 1.17 bits per heavy atom. The first-order valence-corrected chi connectivity index (χ1v) is 10.1. The molecule has 3 aromatic rings. The Hall–Kier alpha value is -2.97. The molecule has 0 radical (unpaired) electrons. The Morgan fingerprint density at radius 3 is 2.53 bits per heavy atom. The number of hydrogen-bond donors (Lipinski definition) is 1. The largest absolute Gasteiger partial charge is 0.331 e. The summed E-state index contributed by atoms with van der Waals surface area (Å²) in [5.41, 5.74) is 0.826. The number of para-hydroxylation sites is 2. The number of carbonyl (C=O) groups is 2. The van der Waals surface area contributed by atoms with Crippen LogP contribution in [0.25, 0.3) is 5.69 Å². The van der Waals surface area contributed by atoms with Gasteiger partial charge in [0.05, 0.1) is 22.9 Å².